The van der Waals surface area contributed by atoms with Gasteiger partial charge in [-0.2, -0.15) is 0 Å². The number of halogens is 1. The van der Waals surface area contributed by atoms with Crippen molar-refractivity contribution >= 4 is 35.2 Å². The highest BCUT2D eigenvalue weighted by atomic mass is 35.5. The molecule has 3 aromatic carbocycles. The second-order valence-electron chi connectivity index (χ2n) is 9.94. The fourth-order valence-corrected chi connectivity index (χ4v) is 4.89. The molecule has 0 bridgehead atoms. The largest absolute Gasteiger partial charge is 0.497 e. The zero-order valence-electron chi connectivity index (χ0n) is 21.9. The molecule has 0 saturated carbocycles. The third-order valence-electron chi connectivity index (χ3n) is 5.66. The van der Waals surface area contributed by atoms with E-state index in [1.54, 1.807) is 12.0 Å². The van der Waals surface area contributed by atoms with E-state index in [0.29, 0.717) is 29.5 Å². The lowest BCUT2D eigenvalue weighted by Crippen LogP contribution is -2.54. The van der Waals surface area contributed by atoms with Crippen LogP contribution < -0.4 is 10.1 Å². The first-order valence-electron chi connectivity index (χ1n) is 12.2. The summed E-state index contributed by atoms with van der Waals surface area (Å²) in [5.41, 5.74) is 2.55. The van der Waals surface area contributed by atoms with E-state index in [2.05, 4.69) is 5.32 Å². The van der Waals surface area contributed by atoms with E-state index in [4.69, 9.17) is 16.3 Å². The molecule has 0 spiro atoms. The van der Waals surface area contributed by atoms with E-state index in [1.807, 2.05) is 99.6 Å². The molecule has 7 heteroatoms. The zero-order valence-corrected chi connectivity index (χ0v) is 23.4. The molecule has 3 aromatic rings. The molecule has 37 heavy (non-hydrogen) atoms. The predicted octanol–water partition coefficient (Wildman–Crippen LogP) is 6.14. The monoisotopic (exact) mass is 538 g/mol. The highest BCUT2D eigenvalue weighted by molar-refractivity contribution is 7.99. The fraction of sp³-hybridized carbons (Fsp3) is 0.333. The Morgan fingerprint density at radius 3 is 2.27 bits per heavy atom. The lowest BCUT2D eigenvalue weighted by atomic mass is 10.0. The van der Waals surface area contributed by atoms with Crippen LogP contribution in [0.15, 0.2) is 78.9 Å². The summed E-state index contributed by atoms with van der Waals surface area (Å²) >= 11 is 7.52. The van der Waals surface area contributed by atoms with Gasteiger partial charge in [0.1, 0.15) is 11.8 Å². The van der Waals surface area contributed by atoms with Crippen LogP contribution in [0.5, 0.6) is 5.75 Å². The van der Waals surface area contributed by atoms with E-state index in [0.717, 1.165) is 16.7 Å². The molecule has 0 aromatic heterocycles. The van der Waals surface area contributed by atoms with Crippen LogP contribution in [-0.2, 0) is 28.3 Å². The Hall–Kier alpha value is -2.96. The Kier molecular flexibility index (Phi) is 10.5. The van der Waals surface area contributed by atoms with Crippen LogP contribution >= 0.6 is 23.4 Å². The summed E-state index contributed by atoms with van der Waals surface area (Å²) in [4.78, 5) is 29.0. The summed E-state index contributed by atoms with van der Waals surface area (Å²) in [6, 6.07) is 24.4. The Bertz CT molecular complexity index is 1160. The number of carbonyl (C=O) groups is 2. The Morgan fingerprint density at radius 1 is 0.946 bits per heavy atom. The van der Waals surface area contributed by atoms with Gasteiger partial charge in [0.05, 0.1) is 12.9 Å². The number of amides is 2. The highest BCUT2D eigenvalue weighted by Crippen LogP contribution is 2.21. The minimum atomic E-state index is -0.670. The number of benzene rings is 3. The SMILES string of the molecule is COc1cccc(CN(C(=O)CSCc2ccc(Cl)cc2)C(Cc2ccccc2)C(=O)NC(C)(C)C)c1. The average Bonchev–Trinajstić information content (AvgIpc) is 2.87. The molecule has 196 valence electrons. The molecule has 0 heterocycles. The smallest absolute Gasteiger partial charge is 0.243 e. The van der Waals surface area contributed by atoms with Crippen LogP contribution in [-0.4, -0.2) is 41.2 Å². The van der Waals surface area contributed by atoms with Gasteiger partial charge < -0.3 is 15.0 Å². The van der Waals surface area contributed by atoms with Gasteiger partial charge in [0, 0.05) is 29.3 Å². The van der Waals surface area contributed by atoms with Crippen LogP contribution in [0.4, 0.5) is 0 Å². The van der Waals surface area contributed by atoms with Crippen molar-refractivity contribution in [3.8, 4) is 5.75 Å². The van der Waals surface area contributed by atoms with Gasteiger partial charge in [-0.1, -0.05) is 66.2 Å². The Balaban J connectivity index is 1.88. The normalized spacial score (nSPS) is 12.0. The number of nitrogens with zero attached hydrogens (tertiary/aromatic N) is 1. The quantitative estimate of drug-likeness (QED) is 0.319. The van der Waals surface area contributed by atoms with Crippen LogP contribution in [0.1, 0.15) is 37.5 Å². The van der Waals surface area contributed by atoms with E-state index in [9.17, 15) is 9.59 Å². The summed E-state index contributed by atoms with van der Waals surface area (Å²) in [5.74, 6) is 1.37. The fourth-order valence-electron chi connectivity index (χ4n) is 3.89. The first-order chi connectivity index (χ1) is 17.6. The number of nitrogens with one attached hydrogen (secondary N) is 1. The molecule has 3 rings (SSSR count). The minimum Gasteiger partial charge on any atom is -0.497 e. The molecule has 0 aliphatic heterocycles. The third-order valence-corrected chi connectivity index (χ3v) is 6.90. The lowest BCUT2D eigenvalue weighted by molar-refractivity contribution is -0.140. The maximum absolute atomic E-state index is 13.7. The maximum Gasteiger partial charge on any atom is 0.243 e. The number of thioether (sulfide) groups is 1. The summed E-state index contributed by atoms with van der Waals surface area (Å²) in [7, 11) is 1.62. The molecular formula is C30H35ClN2O3S. The van der Waals surface area contributed by atoms with Crippen molar-refractivity contribution in [2.75, 3.05) is 12.9 Å². The number of ether oxygens (including phenoxy) is 1. The van der Waals surface area contributed by atoms with E-state index < -0.39 is 11.6 Å². The zero-order chi connectivity index (χ0) is 26.8. The van der Waals surface area contributed by atoms with Gasteiger partial charge in [-0.05, 0) is 61.7 Å². The van der Waals surface area contributed by atoms with Crippen LogP contribution in [0, 0.1) is 0 Å². The summed E-state index contributed by atoms with van der Waals surface area (Å²) in [6.07, 6.45) is 0.417. The first kappa shape index (κ1) is 28.6. The predicted molar refractivity (Wildman–Crippen MR) is 153 cm³/mol. The molecule has 0 fully saturated rings. The van der Waals surface area contributed by atoms with Gasteiger partial charge >= 0.3 is 0 Å². The number of hydrogen-bond donors (Lipinski definition) is 1. The molecule has 0 radical (unpaired) electrons. The highest BCUT2D eigenvalue weighted by Gasteiger charge is 2.32. The van der Waals surface area contributed by atoms with Crippen molar-refractivity contribution in [2.24, 2.45) is 0 Å². The number of hydrogen-bond acceptors (Lipinski definition) is 4. The topological polar surface area (TPSA) is 58.6 Å². The van der Waals surface area contributed by atoms with Crippen molar-refractivity contribution < 1.29 is 14.3 Å². The minimum absolute atomic E-state index is 0.0910. The van der Waals surface area contributed by atoms with Crippen molar-refractivity contribution in [3.05, 3.63) is 101 Å². The Labute approximate surface area is 229 Å². The van der Waals surface area contributed by atoms with Gasteiger partial charge in [0.25, 0.3) is 0 Å². The van der Waals surface area contributed by atoms with Crippen molar-refractivity contribution in [3.63, 3.8) is 0 Å². The van der Waals surface area contributed by atoms with Crippen LogP contribution in [0.25, 0.3) is 0 Å². The van der Waals surface area contributed by atoms with Gasteiger partial charge in [-0.25, -0.2) is 0 Å². The average molecular weight is 539 g/mol. The van der Waals surface area contributed by atoms with Crippen molar-refractivity contribution in [1.82, 2.24) is 10.2 Å². The summed E-state index contributed by atoms with van der Waals surface area (Å²) in [5, 5.41) is 3.78. The van der Waals surface area contributed by atoms with Crippen molar-refractivity contribution in [1.29, 1.82) is 0 Å². The van der Waals surface area contributed by atoms with Crippen LogP contribution in [0.2, 0.25) is 5.02 Å². The number of carbonyl (C=O) groups excluding carboxylic acids is 2. The molecular weight excluding hydrogens is 504 g/mol. The molecule has 5 nitrogen and oxygen atoms in total. The summed E-state index contributed by atoms with van der Waals surface area (Å²) in [6.45, 7) is 6.13. The molecule has 1 atom stereocenters. The Morgan fingerprint density at radius 2 is 1.62 bits per heavy atom. The van der Waals surface area contributed by atoms with Gasteiger partial charge in [-0.3, -0.25) is 9.59 Å². The van der Waals surface area contributed by atoms with Gasteiger partial charge in [-0.15, -0.1) is 11.8 Å². The molecule has 0 aliphatic carbocycles. The number of methoxy groups -OCH3 is 1. The first-order valence-corrected chi connectivity index (χ1v) is 13.8. The summed E-state index contributed by atoms with van der Waals surface area (Å²) < 4.78 is 5.39. The number of rotatable bonds is 11. The van der Waals surface area contributed by atoms with E-state index in [-0.39, 0.29) is 17.6 Å². The third kappa shape index (κ3) is 9.45. The standard InChI is InChI=1S/C30H35ClN2O3S/c1-30(2,3)32-29(35)27(18-22-9-6-5-7-10-22)33(19-24-11-8-12-26(17-24)36-4)28(34)21-37-20-23-13-15-25(31)16-14-23/h5-17,27H,18-21H2,1-4H3,(H,32,35). The second-order valence-corrected chi connectivity index (χ2v) is 11.4. The molecule has 2 amide bonds. The van der Waals surface area contributed by atoms with Gasteiger partial charge in [0.2, 0.25) is 11.8 Å². The molecule has 0 aliphatic rings. The lowest BCUT2D eigenvalue weighted by Gasteiger charge is -2.34. The molecule has 0 saturated heterocycles. The second kappa shape index (κ2) is 13.5. The van der Waals surface area contributed by atoms with E-state index >= 15 is 0 Å². The molecule has 1 N–H and O–H groups in total. The van der Waals surface area contributed by atoms with Crippen LogP contribution in [0.3, 0.4) is 0 Å². The van der Waals surface area contributed by atoms with Crippen molar-refractivity contribution in [2.45, 2.75) is 51.1 Å². The van der Waals surface area contributed by atoms with E-state index in [1.165, 1.54) is 11.8 Å². The molecule has 1 unspecified atom stereocenters. The maximum atomic E-state index is 13.7. The van der Waals surface area contributed by atoms with Gasteiger partial charge in [0.15, 0.2) is 0 Å².